The summed E-state index contributed by atoms with van der Waals surface area (Å²) in [7, 11) is 0. The molecule has 3 nitrogen and oxygen atoms in total. The van der Waals surface area contributed by atoms with Gasteiger partial charge in [-0.3, -0.25) is 0 Å². The van der Waals surface area contributed by atoms with Crippen molar-refractivity contribution in [1.82, 2.24) is 9.97 Å². The van der Waals surface area contributed by atoms with Crippen LogP contribution in [0.4, 0.5) is 0 Å². The average Bonchev–Trinajstić information content (AvgIpc) is 3.66. The quantitative estimate of drug-likeness (QED) is 0.196. The maximum absolute atomic E-state index is 9.80. The van der Waals surface area contributed by atoms with Gasteiger partial charge in [-0.15, -0.1) is 0 Å². The van der Waals surface area contributed by atoms with Gasteiger partial charge in [-0.25, -0.2) is 9.97 Å². The van der Waals surface area contributed by atoms with Crippen molar-refractivity contribution in [2.75, 3.05) is 0 Å². The number of hydrogen-bond acceptors (Lipinski definition) is 3. The lowest BCUT2D eigenvalue weighted by Gasteiger charge is -2.36. The Morgan fingerprint density at radius 1 is 0.510 bits per heavy atom. The lowest BCUT2D eigenvalue weighted by atomic mass is 9.67. The molecule has 3 aliphatic rings. The van der Waals surface area contributed by atoms with Crippen molar-refractivity contribution in [3.05, 3.63) is 155 Å². The van der Waals surface area contributed by atoms with Crippen molar-refractivity contribution in [2.45, 2.75) is 43.9 Å². The molecule has 1 saturated carbocycles. The van der Waals surface area contributed by atoms with E-state index >= 15 is 0 Å². The molecule has 0 amide bonds. The summed E-state index contributed by atoms with van der Waals surface area (Å²) in [6.07, 6.45) is 6.82. The first-order chi connectivity index (χ1) is 24.2. The molecule has 0 unspecified atom stereocenters. The van der Waals surface area contributed by atoms with Crippen LogP contribution in [-0.4, -0.2) is 9.97 Å². The molecule has 1 aromatic heterocycles. The van der Waals surface area contributed by atoms with Crippen LogP contribution in [0.3, 0.4) is 0 Å². The molecule has 10 rings (SSSR count). The zero-order valence-corrected chi connectivity index (χ0v) is 27.2. The van der Waals surface area contributed by atoms with E-state index in [-0.39, 0.29) is 5.41 Å². The standard InChI is InChI=1S/C46H33N3/c47-28-29-12-17-39-40-19-15-34(26-42(40)46(41(39)22-29)20-6-1-7-21-46)44-27-43(33-14-13-30-8-2-3-9-31(30)23-33)48-45(49-44)35-16-18-38-36(25-35)24-32-10-4-5-11-37(32)38/h2-5,8-19,22-23,25-27H,1,6-7,20-21,24H2. The molecule has 3 aliphatic carbocycles. The maximum Gasteiger partial charge on any atom is 0.160 e. The van der Waals surface area contributed by atoms with Crippen molar-refractivity contribution in [3.8, 4) is 62.2 Å². The van der Waals surface area contributed by atoms with E-state index < -0.39 is 0 Å². The molecule has 0 radical (unpaired) electrons. The van der Waals surface area contributed by atoms with Gasteiger partial charge in [-0.2, -0.15) is 5.26 Å². The van der Waals surface area contributed by atoms with Gasteiger partial charge in [0.05, 0.1) is 23.0 Å². The summed E-state index contributed by atoms with van der Waals surface area (Å²) in [6, 6.07) is 48.4. The molecule has 1 spiro atoms. The number of nitrogens with zero attached hydrogens (tertiary/aromatic N) is 3. The van der Waals surface area contributed by atoms with Gasteiger partial charge in [0, 0.05) is 22.1 Å². The summed E-state index contributed by atoms with van der Waals surface area (Å²) >= 11 is 0. The number of hydrogen-bond donors (Lipinski definition) is 0. The van der Waals surface area contributed by atoms with E-state index in [0.29, 0.717) is 0 Å². The molecule has 0 aliphatic heterocycles. The highest BCUT2D eigenvalue weighted by atomic mass is 14.9. The van der Waals surface area contributed by atoms with Crippen molar-refractivity contribution in [2.24, 2.45) is 0 Å². The van der Waals surface area contributed by atoms with Crippen LogP contribution in [0.2, 0.25) is 0 Å². The van der Waals surface area contributed by atoms with E-state index in [2.05, 4.69) is 127 Å². The highest BCUT2D eigenvalue weighted by molar-refractivity contribution is 5.89. The van der Waals surface area contributed by atoms with Crippen LogP contribution in [0.5, 0.6) is 0 Å². The van der Waals surface area contributed by atoms with Gasteiger partial charge in [0.1, 0.15) is 0 Å². The molecule has 7 aromatic rings. The number of benzene rings is 6. The maximum atomic E-state index is 9.80. The molecular formula is C46H33N3. The van der Waals surface area contributed by atoms with Crippen LogP contribution in [-0.2, 0) is 11.8 Å². The summed E-state index contributed by atoms with van der Waals surface area (Å²) < 4.78 is 0. The Morgan fingerprint density at radius 3 is 2.00 bits per heavy atom. The lowest BCUT2D eigenvalue weighted by Crippen LogP contribution is -2.28. The number of rotatable bonds is 3. The summed E-state index contributed by atoms with van der Waals surface area (Å²) in [6.45, 7) is 0. The normalized spacial score (nSPS) is 15.0. The Hall–Kier alpha value is -5.85. The Labute approximate surface area is 286 Å². The van der Waals surface area contributed by atoms with Crippen LogP contribution in [0.15, 0.2) is 127 Å². The van der Waals surface area contributed by atoms with Crippen molar-refractivity contribution in [3.63, 3.8) is 0 Å². The van der Waals surface area contributed by atoms with Crippen molar-refractivity contribution >= 4 is 10.8 Å². The molecule has 0 atom stereocenters. The molecule has 0 bridgehead atoms. The molecule has 49 heavy (non-hydrogen) atoms. The van der Waals surface area contributed by atoms with E-state index in [1.54, 1.807) is 0 Å². The molecule has 1 heterocycles. The van der Waals surface area contributed by atoms with Gasteiger partial charge in [-0.05, 0) is 111 Å². The van der Waals surface area contributed by atoms with E-state index in [1.807, 2.05) is 6.07 Å². The van der Waals surface area contributed by atoms with Crippen molar-refractivity contribution in [1.29, 1.82) is 5.26 Å². The van der Waals surface area contributed by atoms with E-state index in [0.717, 1.165) is 58.7 Å². The van der Waals surface area contributed by atoms with Crippen LogP contribution in [0.1, 0.15) is 59.9 Å². The Bertz CT molecular complexity index is 2530. The predicted octanol–water partition coefficient (Wildman–Crippen LogP) is 11.3. The highest BCUT2D eigenvalue weighted by Gasteiger charge is 2.44. The molecular weight excluding hydrogens is 595 g/mol. The van der Waals surface area contributed by atoms with Crippen LogP contribution in [0, 0.1) is 11.3 Å². The molecule has 0 N–H and O–H groups in total. The smallest absolute Gasteiger partial charge is 0.160 e. The van der Waals surface area contributed by atoms with Crippen LogP contribution >= 0.6 is 0 Å². The van der Waals surface area contributed by atoms with Gasteiger partial charge < -0.3 is 0 Å². The molecule has 1 fully saturated rings. The fourth-order valence-electron chi connectivity index (χ4n) is 8.92. The molecule has 232 valence electrons. The van der Waals surface area contributed by atoms with Gasteiger partial charge in [0.15, 0.2) is 5.82 Å². The predicted molar refractivity (Wildman–Crippen MR) is 198 cm³/mol. The topological polar surface area (TPSA) is 49.6 Å². The Morgan fingerprint density at radius 2 is 1.16 bits per heavy atom. The van der Waals surface area contributed by atoms with Crippen LogP contribution < -0.4 is 0 Å². The number of fused-ring (bicyclic) bond motifs is 9. The minimum absolute atomic E-state index is 0.0577. The second-order valence-electron chi connectivity index (χ2n) is 14.0. The largest absolute Gasteiger partial charge is 0.228 e. The molecule has 3 heteroatoms. The Kier molecular flexibility index (Phi) is 6.23. The minimum Gasteiger partial charge on any atom is -0.228 e. The van der Waals surface area contributed by atoms with Crippen molar-refractivity contribution < 1.29 is 0 Å². The number of aromatic nitrogens is 2. The zero-order chi connectivity index (χ0) is 32.5. The fourth-order valence-corrected chi connectivity index (χ4v) is 8.92. The minimum atomic E-state index is -0.0577. The highest BCUT2D eigenvalue weighted by Crippen LogP contribution is 2.56. The average molecular weight is 628 g/mol. The van der Waals surface area contributed by atoms with Gasteiger partial charge in [0.25, 0.3) is 0 Å². The second-order valence-corrected chi connectivity index (χ2v) is 14.0. The lowest BCUT2D eigenvalue weighted by molar-refractivity contribution is 0.353. The third-order valence-corrected chi connectivity index (χ3v) is 11.3. The number of nitriles is 1. The summed E-state index contributed by atoms with van der Waals surface area (Å²) in [5.74, 6) is 0.745. The van der Waals surface area contributed by atoms with Gasteiger partial charge >= 0.3 is 0 Å². The molecule has 0 saturated heterocycles. The second kappa shape index (κ2) is 10.8. The SMILES string of the molecule is N#Cc1ccc2c(c1)C1(CCCCC1)c1cc(-c3cc(-c4ccc5ccccc5c4)nc(-c4ccc5c(c4)Cc4ccccc4-5)n3)ccc1-2. The first-order valence-electron chi connectivity index (χ1n) is 17.5. The first-order valence-corrected chi connectivity index (χ1v) is 17.5. The van der Waals surface area contributed by atoms with E-state index in [9.17, 15) is 5.26 Å². The third-order valence-electron chi connectivity index (χ3n) is 11.3. The van der Waals surface area contributed by atoms with Gasteiger partial charge in [0.2, 0.25) is 0 Å². The summed E-state index contributed by atoms with van der Waals surface area (Å²) in [5.41, 5.74) is 16.4. The first kappa shape index (κ1) is 28.2. The van der Waals surface area contributed by atoms with Crippen LogP contribution in [0.25, 0.3) is 66.9 Å². The monoisotopic (exact) mass is 627 g/mol. The van der Waals surface area contributed by atoms with E-state index in [1.165, 1.54) is 74.5 Å². The zero-order valence-electron chi connectivity index (χ0n) is 27.2. The Balaban J connectivity index is 1.15. The summed E-state index contributed by atoms with van der Waals surface area (Å²) in [4.78, 5) is 10.6. The van der Waals surface area contributed by atoms with E-state index in [4.69, 9.17) is 9.97 Å². The third kappa shape index (κ3) is 4.41. The fraction of sp³-hybridized carbons (Fsp3) is 0.152. The summed E-state index contributed by atoms with van der Waals surface area (Å²) in [5, 5.41) is 12.2. The van der Waals surface area contributed by atoms with Gasteiger partial charge in [-0.1, -0.05) is 110 Å². The molecule has 6 aromatic carbocycles.